The van der Waals surface area contributed by atoms with Gasteiger partial charge >= 0.3 is 0 Å². The number of methoxy groups -OCH3 is 1. The SMILES string of the molecule is C=C.C=C(/C=C/c1ccc(-c2ccc(C3CCC(O)CC3)c(F)c2F)cc1)/C(F)=C(/F)C(=C)OC. The molecule has 1 N–H and O–H groups in total. The molecule has 0 radical (unpaired) electrons. The van der Waals surface area contributed by atoms with Crippen LogP contribution in [-0.2, 0) is 4.74 Å². The molecule has 0 saturated heterocycles. The van der Waals surface area contributed by atoms with Gasteiger partial charge in [-0.1, -0.05) is 61.7 Å². The van der Waals surface area contributed by atoms with Gasteiger partial charge in [-0.15, -0.1) is 13.2 Å². The highest BCUT2D eigenvalue weighted by Gasteiger charge is 2.25. The summed E-state index contributed by atoms with van der Waals surface area (Å²) in [4.78, 5) is 0. The number of allylic oxidation sites excluding steroid dienone is 4. The van der Waals surface area contributed by atoms with Gasteiger partial charge in [-0.25, -0.2) is 13.2 Å². The van der Waals surface area contributed by atoms with Gasteiger partial charge in [0.1, 0.15) is 5.76 Å². The van der Waals surface area contributed by atoms with Crippen molar-refractivity contribution in [2.45, 2.75) is 37.7 Å². The zero-order chi connectivity index (χ0) is 26.1. The molecule has 1 aliphatic carbocycles. The molecule has 35 heavy (non-hydrogen) atoms. The third-order valence-corrected chi connectivity index (χ3v) is 5.91. The zero-order valence-corrected chi connectivity index (χ0v) is 19.8. The summed E-state index contributed by atoms with van der Waals surface area (Å²) in [6.07, 6.45) is 4.87. The van der Waals surface area contributed by atoms with Crippen molar-refractivity contribution in [1.29, 1.82) is 0 Å². The van der Waals surface area contributed by atoms with Crippen LogP contribution in [0.5, 0.6) is 0 Å². The maximum Gasteiger partial charge on any atom is 0.200 e. The van der Waals surface area contributed by atoms with Crippen LogP contribution in [0.1, 0.15) is 42.7 Å². The maximum atomic E-state index is 14.8. The van der Waals surface area contributed by atoms with Crippen molar-refractivity contribution in [1.82, 2.24) is 0 Å². The van der Waals surface area contributed by atoms with E-state index in [1.54, 1.807) is 36.4 Å². The molecule has 0 bridgehead atoms. The van der Waals surface area contributed by atoms with Crippen molar-refractivity contribution >= 4 is 6.08 Å². The van der Waals surface area contributed by atoms with E-state index >= 15 is 0 Å². The summed E-state index contributed by atoms with van der Waals surface area (Å²) in [5, 5.41) is 9.64. The molecule has 0 atom stereocenters. The van der Waals surface area contributed by atoms with E-state index in [-0.39, 0.29) is 23.2 Å². The Kier molecular flexibility index (Phi) is 10.3. The average molecular weight is 487 g/mol. The smallest absolute Gasteiger partial charge is 0.200 e. The largest absolute Gasteiger partial charge is 0.494 e. The third-order valence-electron chi connectivity index (χ3n) is 5.91. The van der Waals surface area contributed by atoms with E-state index in [9.17, 15) is 22.7 Å². The summed E-state index contributed by atoms with van der Waals surface area (Å²) in [6, 6.07) is 9.73. The molecular formula is C29H30F4O2. The number of hydrogen-bond donors (Lipinski definition) is 1. The predicted octanol–water partition coefficient (Wildman–Crippen LogP) is 8.33. The maximum absolute atomic E-state index is 14.8. The van der Waals surface area contributed by atoms with Crippen molar-refractivity contribution in [2.24, 2.45) is 0 Å². The van der Waals surface area contributed by atoms with Gasteiger partial charge in [0, 0.05) is 11.1 Å². The minimum atomic E-state index is -1.23. The molecule has 6 heteroatoms. The first-order valence-corrected chi connectivity index (χ1v) is 11.1. The molecule has 2 aromatic rings. The topological polar surface area (TPSA) is 29.5 Å². The molecule has 0 heterocycles. The van der Waals surface area contributed by atoms with Gasteiger partial charge in [0.25, 0.3) is 0 Å². The Morgan fingerprint density at radius 2 is 1.51 bits per heavy atom. The lowest BCUT2D eigenvalue weighted by Gasteiger charge is -2.26. The van der Waals surface area contributed by atoms with Gasteiger partial charge in [0.15, 0.2) is 17.5 Å². The van der Waals surface area contributed by atoms with Gasteiger partial charge in [0.05, 0.1) is 13.2 Å². The molecule has 2 aromatic carbocycles. The van der Waals surface area contributed by atoms with Crippen LogP contribution in [-0.4, -0.2) is 18.3 Å². The van der Waals surface area contributed by atoms with E-state index < -0.39 is 29.0 Å². The second-order valence-corrected chi connectivity index (χ2v) is 8.07. The van der Waals surface area contributed by atoms with Crippen LogP contribution in [0.25, 0.3) is 17.2 Å². The number of ether oxygens (including phenoxy) is 1. The second kappa shape index (κ2) is 12.9. The van der Waals surface area contributed by atoms with Gasteiger partial charge in [0.2, 0.25) is 5.83 Å². The third kappa shape index (κ3) is 6.83. The van der Waals surface area contributed by atoms with Crippen LogP contribution in [0.3, 0.4) is 0 Å². The molecule has 0 amide bonds. The van der Waals surface area contributed by atoms with Crippen LogP contribution in [0, 0.1) is 11.6 Å². The molecule has 2 nitrogen and oxygen atoms in total. The Morgan fingerprint density at radius 3 is 2.09 bits per heavy atom. The van der Waals surface area contributed by atoms with Crippen molar-refractivity contribution in [3.05, 3.63) is 115 Å². The first-order valence-electron chi connectivity index (χ1n) is 11.1. The highest BCUT2D eigenvalue weighted by Crippen LogP contribution is 2.37. The monoisotopic (exact) mass is 486 g/mol. The van der Waals surface area contributed by atoms with E-state index in [1.807, 2.05) is 0 Å². The van der Waals surface area contributed by atoms with Gasteiger partial charge in [-0.2, -0.15) is 4.39 Å². The van der Waals surface area contributed by atoms with E-state index in [2.05, 4.69) is 31.1 Å². The molecule has 0 spiro atoms. The van der Waals surface area contributed by atoms with Gasteiger partial charge in [-0.3, -0.25) is 0 Å². The van der Waals surface area contributed by atoms with Crippen molar-refractivity contribution in [2.75, 3.05) is 7.11 Å². The van der Waals surface area contributed by atoms with E-state index in [0.29, 0.717) is 42.4 Å². The Hall–Kier alpha value is -3.38. The van der Waals surface area contributed by atoms with Gasteiger partial charge < -0.3 is 9.84 Å². The minimum absolute atomic E-state index is 0.0992. The first kappa shape index (κ1) is 27.9. The Balaban J connectivity index is 0.00000210. The minimum Gasteiger partial charge on any atom is -0.494 e. The Bertz CT molecular complexity index is 1110. The molecular weight excluding hydrogens is 456 g/mol. The Labute approximate surface area is 204 Å². The summed E-state index contributed by atoms with van der Waals surface area (Å²) in [5.74, 6) is -4.70. The molecule has 1 saturated carbocycles. The van der Waals surface area contributed by atoms with Crippen molar-refractivity contribution < 1.29 is 27.4 Å². The quantitative estimate of drug-likeness (QED) is 0.184. The number of aliphatic hydroxyl groups excluding tert-OH is 1. The molecule has 0 unspecified atom stereocenters. The second-order valence-electron chi connectivity index (χ2n) is 8.07. The predicted molar refractivity (Wildman–Crippen MR) is 134 cm³/mol. The van der Waals surface area contributed by atoms with Crippen LogP contribution < -0.4 is 0 Å². The van der Waals surface area contributed by atoms with Crippen molar-refractivity contribution in [3.8, 4) is 11.1 Å². The Morgan fingerprint density at radius 1 is 0.914 bits per heavy atom. The number of benzene rings is 2. The fraction of sp³-hybridized carbons (Fsp3) is 0.241. The summed E-state index contributed by atoms with van der Waals surface area (Å²) >= 11 is 0. The van der Waals surface area contributed by atoms with Crippen molar-refractivity contribution in [3.63, 3.8) is 0 Å². The first-order chi connectivity index (χ1) is 16.7. The number of aliphatic hydroxyl groups is 1. The van der Waals surface area contributed by atoms with Crippen LogP contribution in [0.15, 0.2) is 91.8 Å². The standard InChI is InChI=1S/C27H26F4O2.C2H4/c1-16(24(28)25(29)17(2)33-3)4-5-18-6-8-19(9-7-18)22-14-15-23(27(31)26(22)30)20-10-12-21(32)13-11-20;1-2/h4-9,14-15,20-21,32H,1-2,10-13H2,3H3;1-2H2/b5-4+,25-24-;. The lowest BCUT2D eigenvalue weighted by Crippen LogP contribution is -2.18. The lowest BCUT2D eigenvalue weighted by atomic mass is 9.82. The summed E-state index contributed by atoms with van der Waals surface area (Å²) in [5.41, 5.74) is 1.41. The highest BCUT2D eigenvalue weighted by molar-refractivity contribution is 5.67. The number of rotatable bonds is 7. The highest BCUT2D eigenvalue weighted by atomic mass is 19.2. The van der Waals surface area contributed by atoms with E-state index in [0.717, 1.165) is 0 Å². The van der Waals surface area contributed by atoms with Gasteiger partial charge in [-0.05, 0) is 48.3 Å². The van der Waals surface area contributed by atoms with Crippen LogP contribution in [0.4, 0.5) is 17.6 Å². The lowest BCUT2D eigenvalue weighted by molar-refractivity contribution is 0.122. The molecule has 1 aliphatic rings. The summed E-state index contributed by atoms with van der Waals surface area (Å²) in [6.45, 7) is 12.7. The van der Waals surface area contributed by atoms with Crippen LogP contribution in [0.2, 0.25) is 0 Å². The fourth-order valence-electron chi connectivity index (χ4n) is 3.89. The number of halogens is 4. The summed E-state index contributed by atoms with van der Waals surface area (Å²) in [7, 11) is 1.18. The summed E-state index contributed by atoms with van der Waals surface area (Å²) < 4.78 is 62.0. The molecule has 186 valence electrons. The molecule has 0 aromatic heterocycles. The molecule has 3 rings (SSSR count). The normalized spacial score (nSPS) is 18.3. The molecule has 0 aliphatic heterocycles. The average Bonchev–Trinajstić information content (AvgIpc) is 2.89. The zero-order valence-electron chi connectivity index (χ0n) is 19.8. The fourth-order valence-corrected chi connectivity index (χ4v) is 3.89. The number of hydrogen-bond acceptors (Lipinski definition) is 2. The van der Waals surface area contributed by atoms with Crippen LogP contribution >= 0.6 is 0 Å². The molecule has 1 fully saturated rings. The van der Waals surface area contributed by atoms with E-state index in [1.165, 1.54) is 19.3 Å². The van der Waals surface area contributed by atoms with E-state index in [4.69, 9.17) is 0 Å².